The summed E-state index contributed by atoms with van der Waals surface area (Å²) in [5.41, 5.74) is 10.4. The Morgan fingerprint density at radius 1 is 1.19 bits per heavy atom. The van der Waals surface area contributed by atoms with E-state index >= 15 is 0 Å². The van der Waals surface area contributed by atoms with Crippen LogP contribution in [-0.4, -0.2) is 10.9 Å². The van der Waals surface area contributed by atoms with Crippen molar-refractivity contribution in [3.63, 3.8) is 0 Å². The molecule has 0 saturated carbocycles. The lowest BCUT2D eigenvalue weighted by molar-refractivity contribution is 0.574. The molecule has 3 N–H and O–H groups in total. The summed E-state index contributed by atoms with van der Waals surface area (Å²) < 4.78 is 5.50. The van der Waals surface area contributed by atoms with E-state index in [1.165, 1.54) is 11.1 Å². The second-order valence-electron chi connectivity index (χ2n) is 5.61. The first-order chi connectivity index (χ1) is 12.2. The average Bonchev–Trinajstić information content (AvgIpc) is 3.31. The Kier molecular flexibility index (Phi) is 7.65. The van der Waals surface area contributed by atoms with Crippen LogP contribution in [0.2, 0.25) is 0 Å². The molecule has 0 fully saturated rings. The van der Waals surface area contributed by atoms with Crippen molar-refractivity contribution >= 4 is 47.0 Å². The van der Waals surface area contributed by atoms with Crippen LogP contribution in [0.3, 0.4) is 0 Å². The molecule has 2 heterocycles. The lowest BCUT2D eigenvalue weighted by atomic mass is 10.0. The largest absolute Gasteiger partial charge is 0.443 e. The highest BCUT2D eigenvalue weighted by atomic mass is 127. The predicted octanol–water partition coefficient (Wildman–Crippen LogP) is 5.07. The van der Waals surface area contributed by atoms with Gasteiger partial charge in [-0.25, -0.2) is 9.98 Å². The summed E-state index contributed by atoms with van der Waals surface area (Å²) in [5, 5.41) is 5.25. The number of nitrogens with two attached hydrogens (primary N) is 1. The molecule has 0 atom stereocenters. The van der Waals surface area contributed by atoms with Crippen LogP contribution in [0.4, 0.5) is 5.69 Å². The quantitative estimate of drug-likeness (QED) is 0.292. The molecule has 0 unspecified atom stereocenters. The van der Waals surface area contributed by atoms with Crippen LogP contribution < -0.4 is 11.1 Å². The molecule has 0 spiro atoms. The van der Waals surface area contributed by atoms with E-state index in [1.807, 2.05) is 17.5 Å². The number of nitrogens with zero attached hydrogens (tertiary/aromatic N) is 2. The number of nitrogens with one attached hydrogen (secondary N) is 1. The molecule has 0 radical (unpaired) electrons. The molecule has 0 amide bonds. The second-order valence-corrected chi connectivity index (χ2v) is 6.55. The molecule has 0 aliphatic rings. The Hall–Kier alpha value is -1.87. The zero-order valence-corrected chi connectivity index (χ0v) is 18.0. The number of aryl methyl sites for hydroxylation is 2. The van der Waals surface area contributed by atoms with E-state index in [0.29, 0.717) is 18.4 Å². The van der Waals surface area contributed by atoms with Crippen molar-refractivity contribution in [2.75, 3.05) is 5.32 Å². The molecule has 0 saturated heterocycles. The van der Waals surface area contributed by atoms with Crippen molar-refractivity contribution in [1.29, 1.82) is 0 Å². The SMILES string of the molecule is CCc1cccc(CC)c1NC(N)=NCc1coc(-c2cccs2)n1.I. The number of thiophene rings is 1. The van der Waals surface area contributed by atoms with Crippen molar-refractivity contribution in [3.8, 4) is 10.8 Å². The zero-order chi connectivity index (χ0) is 17.6. The summed E-state index contributed by atoms with van der Waals surface area (Å²) in [6.07, 6.45) is 3.51. The van der Waals surface area contributed by atoms with Crippen LogP contribution in [0, 0.1) is 0 Å². The lowest BCUT2D eigenvalue weighted by Gasteiger charge is -2.14. The van der Waals surface area contributed by atoms with Gasteiger partial charge in [0.25, 0.3) is 0 Å². The van der Waals surface area contributed by atoms with Gasteiger partial charge in [0.1, 0.15) is 12.0 Å². The Morgan fingerprint density at radius 3 is 2.54 bits per heavy atom. The van der Waals surface area contributed by atoms with Crippen molar-refractivity contribution in [1.82, 2.24) is 4.98 Å². The summed E-state index contributed by atoms with van der Waals surface area (Å²) in [7, 11) is 0. The average molecular weight is 482 g/mol. The van der Waals surface area contributed by atoms with E-state index < -0.39 is 0 Å². The molecule has 5 nitrogen and oxygen atoms in total. The third-order valence-corrected chi connectivity index (χ3v) is 4.80. The molecule has 0 aliphatic heterocycles. The van der Waals surface area contributed by atoms with Gasteiger partial charge in [-0.15, -0.1) is 35.3 Å². The summed E-state index contributed by atoms with van der Waals surface area (Å²) >= 11 is 1.59. The molecular formula is C19H23IN4OS. The standard InChI is InChI=1S/C19H22N4OS.HI/c1-3-13-7-5-8-14(4-2)17(13)23-19(20)21-11-15-12-24-18(22-15)16-9-6-10-25-16;/h5-10,12H,3-4,11H2,1-2H3,(H3,20,21,23);1H. The highest BCUT2D eigenvalue weighted by molar-refractivity contribution is 14.0. The minimum atomic E-state index is 0. The Bertz CT molecular complexity index is 836. The maximum Gasteiger partial charge on any atom is 0.236 e. The smallest absolute Gasteiger partial charge is 0.236 e. The number of hydrogen-bond donors (Lipinski definition) is 2. The molecular weight excluding hydrogens is 459 g/mol. The fraction of sp³-hybridized carbons (Fsp3) is 0.263. The van der Waals surface area contributed by atoms with Gasteiger partial charge in [0.15, 0.2) is 5.96 Å². The number of aromatic nitrogens is 1. The van der Waals surface area contributed by atoms with E-state index in [2.05, 4.69) is 47.3 Å². The van der Waals surface area contributed by atoms with Gasteiger partial charge in [0, 0.05) is 5.69 Å². The molecule has 26 heavy (non-hydrogen) atoms. The molecule has 0 aliphatic carbocycles. The van der Waals surface area contributed by atoms with Gasteiger partial charge < -0.3 is 15.5 Å². The van der Waals surface area contributed by atoms with Gasteiger partial charge in [0.05, 0.1) is 11.4 Å². The minimum absolute atomic E-state index is 0. The number of anilines is 1. The number of aliphatic imine (C=N–C) groups is 1. The van der Waals surface area contributed by atoms with Crippen molar-refractivity contribution < 1.29 is 4.42 Å². The summed E-state index contributed by atoms with van der Waals surface area (Å²) in [4.78, 5) is 9.86. The van der Waals surface area contributed by atoms with Gasteiger partial charge in [-0.3, -0.25) is 0 Å². The number of para-hydroxylation sites is 1. The zero-order valence-electron chi connectivity index (χ0n) is 14.9. The Balaban J connectivity index is 0.00000243. The molecule has 7 heteroatoms. The van der Waals surface area contributed by atoms with Crippen LogP contribution in [0.1, 0.15) is 30.7 Å². The normalized spacial score (nSPS) is 11.2. The Morgan fingerprint density at radius 2 is 1.92 bits per heavy atom. The molecule has 1 aromatic carbocycles. The predicted molar refractivity (Wildman–Crippen MR) is 119 cm³/mol. The van der Waals surface area contributed by atoms with Crippen molar-refractivity contribution in [3.05, 3.63) is 58.8 Å². The second kappa shape index (κ2) is 9.72. The van der Waals surface area contributed by atoms with E-state index in [4.69, 9.17) is 10.2 Å². The number of rotatable bonds is 6. The van der Waals surface area contributed by atoms with Crippen LogP contribution in [0.5, 0.6) is 0 Å². The Labute approximate surface area is 174 Å². The fourth-order valence-corrected chi connectivity index (χ4v) is 3.29. The summed E-state index contributed by atoms with van der Waals surface area (Å²) in [6, 6.07) is 10.3. The first kappa shape index (κ1) is 20.4. The monoisotopic (exact) mass is 482 g/mol. The fourth-order valence-electron chi connectivity index (χ4n) is 2.63. The number of oxazole rings is 1. The third-order valence-electron chi connectivity index (χ3n) is 3.95. The van der Waals surface area contributed by atoms with Crippen molar-refractivity contribution in [2.45, 2.75) is 33.2 Å². The maximum absolute atomic E-state index is 6.08. The van der Waals surface area contributed by atoms with Crippen LogP contribution in [0.25, 0.3) is 10.8 Å². The van der Waals surface area contributed by atoms with Gasteiger partial charge in [-0.1, -0.05) is 38.1 Å². The highest BCUT2D eigenvalue weighted by Gasteiger charge is 2.09. The van der Waals surface area contributed by atoms with Crippen LogP contribution in [-0.2, 0) is 19.4 Å². The van der Waals surface area contributed by atoms with Gasteiger partial charge in [0.2, 0.25) is 5.89 Å². The van der Waals surface area contributed by atoms with Gasteiger partial charge >= 0.3 is 0 Å². The van der Waals surface area contributed by atoms with Crippen LogP contribution >= 0.6 is 35.3 Å². The molecule has 3 rings (SSSR count). The first-order valence-corrected chi connectivity index (χ1v) is 9.25. The molecule has 3 aromatic rings. The third kappa shape index (κ3) is 4.85. The van der Waals surface area contributed by atoms with Gasteiger partial charge in [-0.05, 0) is 35.4 Å². The van der Waals surface area contributed by atoms with E-state index in [0.717, 1.165) is 29.1 Å². The van der Waals surface area contributed by atoms with Crippen molar-refractivity contribution in [2.24, 2.45) is 10.7 Å². The number of halogens is 1. The highest BCUT2D eigenvalue weighted by Crippen LogP contribution is 2.24. The minimum Gasteiger partial charge on any atom is -0.443 e. The van der Waals surface area contributed by atoms with E-state index in [9.17, 15) is 0 Å². The van der Waals surface area contributed by atoms with E-state index in [1.54, 1.807) is 17.6 Å². The number of benzene rings is 1. The summed E-state index contributed by atoms with van der Waals surface area (Å²) in [5.74, 6) is 1.01. The van der Waals surface area contributed by atoms with E-state index in [-0.39, 0.29) is 24.0 Å². The van der Waals surface area contributed by atoms with Gasteiger partial charge in [-0.2, -0.15) is 0 Å². The molecule has 0 bridgehead atoms. The topological polar surface area (TPSA) is 76.4 Å². The first-order valence-electron chi connectivity index (χ1n) is 8.37. The maximum atomic E-state index is 6.08. The van der Waals surface area contributed by atoms with Crippen LogP contribution in [0.15, 0.2) is 51.4 Å². The summed E-state index contributed by atoms with van der Waals surface area (Å²) in [6.45, 7) is 4.65. The molecule has 138 valence electrons. The number of hydrogen-bond acceptors (Lipinski definition) is 4. The lowest BCUT2D eigenvalue weighted by Crippen LogP contribution is -2.24. The molecule has 2 aromatic heterocycles. The number of guanidine groups is 1.